The second-order valence-corrected chi connectivity index (χ2v) is 6.40. The number of nitrogens with two attached hydrogens (primary N) is 2. The van der Waals surface area contributed by atoms with Gasteiger partial charge in [-0.3, -0.25) is 19.9 Å². The van der Waals surface area contributed by atoms with Crippen molar-refractivity contribution in [1.29, 1.82) is 0 Å². The molecule has 2 rings (SSSR count). The number of nitrogens with zero attached hydrogens (tertiary/aromatic N) is 1. The lowest BCUT2D eigenvalue weighted by atomic mass is 9.90. The molecule has 0 aliphatic heterocycles. The van der Waals surface area contributed by atoms with E-state index in [1.54, 1.807) is 7.05 Å². The second kappa shape index (κ2) is 10.8. The molecule has 1 unspecified atom stereocenters. The molecule has 0 fully saturated rings. The van der Waals surface area contributed by atoms with E-state index in [-0.39, 0.29) is 17.8 Å². The summed E-state index contributed by atoms with van der Waals surface area (Å²) in [6.45, 7) is 0.429. The summed E-state index contributed by atoms with van der Waals surface area (Å²) in [6.07, 6.45) is 1.12. The maximum Gasteiger partial charge on any atom is 0.243 e. The van der Waals surface area contributed by atoms with Gasteiger partial charge >= 0.3 is 0 Å². The van der Waals surface area contributed by atoms with E-state index < -0.39 is 12.0 Å². The van der Waals surface area contributed by atoms with Gasteiger partial charge in [0.2, 0.25) is 11.8 Å². The van der Waals surface area contributed by atoms with Crippen LogP contribution in [-0.2, 0) is 9.59 Å². The number of hydrogen-bond donors (Lipinski definition) is 4. The standard InChI is InChI=1S/C21H27N5O2/c1-24-17(13-8-14-25-21(22)23)19(27)26-20(28)18(15-9-4-2-5-10-15)16-11-6-3-7-12-16/h2-7,9-12,17-18,24H,8,13-14H2,1H3,(H4,22,23,25)(H,26,27,28). The number of imide groups is 1. The van der Waals surface area contributed by atoms with Crippen LogP contribution in [0.15, 0.2) is 65.7 Å². The van der Waals surface area contributed by atoms with Gasteiger partial charge in [-0.1, -0.05) is 60.7 Å². The molecule has 2 aromatic carbocycles. The third-order valence-corrected chi connectivity index (χ3v) is 4.38. The molecular formula is C21H27N5O2. The van der Waals surface area contributed by atoms with Gasteiger partial charge in [-0.15, -0.1) is 0 Å². The molecule has 7 nitrogen and oxygen atoms in total. The van der Waals surface area contributed by atoms with E-state index in [1.807, 2.05) is 60.7 Å². The van der Waals surface area contributed by atoms with Gasteiger partial charge in [-0.05, 0) is 31.0 Å². The topological polar surface area (TPSA) is 123 Å². The molecule has 0 bridgehead atoms. The second-order valence-electron chi connectivity index (χ2n) is 6.40. The fourth-order valence-electron chi connectivity index (χ4n) is 2.98. The van der Waals surface area contributed by atoms with Crippen molar-refractivity contribution in [1.82, 2.24) is 10.6 Å². The maximum absolute atomic E-state index is 13.0. The number of nitrogens with one attached hydrogen (secondary N) is 2. The summed E-state index contributed by atoms with van der Waals surface area (Å²) < 4.78 is 0. The van der Waals surface area contributed by atoms with Gasteiger partial charge in [0.15, 0.2) is 5.96 Å². The van der Waals surface area contributed by atoms with Crippen molar-refractivity contribution in [2.24, 2.45) is 16.5 Å². The van der Waals surface area contributed by atoms with Crippen LogP contribution in [0, 0.1) is 0 Å². The Morgan fingerprint density at radius 2 is 1.46 bits per heavy atom. The monoisotopic (exact) mass is 381 g/mol. The van der Waals surface area contributed by atoms with Crippen molar-refractivity contribution < 1.29 is 9.59 Å². The highest BCUT2D eigenvalue weighted by molar-refractivity contribution is 6.01. The van der Waals surface area contributed by atoms with Crippen molar-refractivity contribution in [3.05, 3.63) is 71.8 Å². The van der Waals surface area contributed by atoms with E-state index in [1.165, 1.54) is 0 Å². The van der Waals surface area contributed by atoms with Crippen molar-refractivity contribution in [3.63, 3.8) is 0 Å². The van der Waals surface area contributed by atoms with Crippen LogP contribution in [-0.4, -0.2) is 37.4 Å². The summed E-state index contributed by atoms with van der Waals surface area (Å²) in [5, 5.41) is 5.49. The molecule has 2 amide bonds. The fraction of sp³-hybridized carbons (Fsp3) is 0.286. The minimum Gasteiger partial charge on any atom is -0.370 e. The molecule has 0 aliphatic rings. The Morgan fingerprint density at radius 1 is 0.929 bits per heavy atom. The first-order valence-electron chi connectivity index (χ1n) is 9.20. The number of likely N-dealkylation sites (N-methyl/N-ethyl adjacent to an activating group) is 1. The molecule has 7 heteroatoms. The number of benzene rings is 2. The molecule has 0 saturated carbocycles. The van der Waals surface area contributed by atoms with Gasteiger partial charge in [0.25, 0.3) is 0 Å². The first-order valence-corrected chi connectivity index (χ1v) is 9.20. The van der Waals surface area contributed by atoms with Crippen molar-refractivity contribution >= 4 is 17.8 Å². The van der Waals surface area contributed by atoms with Crippen LogP contribution in [0.25, 0.3) is 0 Å². The van der Waals surface area contributed by atoms with Crippen LogP contribution < -0.4 is 22.1 Å². The Bertz CT molecular complexity index is 749. The number of aliphatic imine (C=N–C) groups is 1. The minimum absolute atomic E-state index is 0.0224. The predicted octanol–water partition coefficient (Wildman–Crippen LogP) is 1.10. The fourth-order valence-corrected chi connectivity index (χ4v) is 2.98. The highest BCUT2D eigenvalue weighted by Crippen LogP contribution is 2.24. The lowest BCUT2D eigenvalue weighted by molar-refractivity contribution is -0.132. The molecule has 148 valence electrons. The average Bonchev–Trinajstić information content (AvgIpc) is 2.69. The smallest absolute Gasteiger partial charge is 0.243 e. The van der Waals surface area contributed by atoms with E-state index in [4.69, 9.17) is 11.5 Å². The van der Waals surface area contributed by atoms with E-state index in [0.29, 0.717) is 19.4 Å². The zero-order valence-corrected chi connectivity index (χ0v) is 16.0. The van der Waals surface area contributed by atoms with E-state index in [0.717, 1.165) is 11.1 Å². The zero-order valence-electron chi connectivity index (χ0n) is 16.0. The Labute approximate surface area is 165 Å². The summed E-state index contributed by atoms with van der Waals surface area (Å²) in [4.78, 5) is 29.5. The van der Waals surface area contributed by atoms with Gasteiger partial charge in [0.05, 0.1) is 12.0 Å². The lowest BCUT2D eigenvalue weighted by Gasteiger charge is -2.20. The summed E-state index contributed by atoms with van der Waals surface area (Å²) >= 11 is 0. The Kier molecular flexibility index (Phi) is 8.17. The molecule has 28 heavy (non-hydrogen) atoms. The van der Waals surface area contributed by atoms with Gasteiger partial charge in [-0.2, -0.15) is 0 Å². The quantitative estimate of drug-likeness (QED) is 0.294. The summed E-state index contributed by atoms with van der Waals surface area (Å²) in [5.74, 6) is -1.26. The first kappa shape index (κ1) is 21.1. The summed E-state index contributed by atoms with van der Waals surface area (Å²) in [7, 11) is 1.68. The van der Waals surface area contributed by atoms with Crippen molar-refractivity contribution in [3.8, 4) is 0 Å². The van der Waals surface area contributed by atoms with Crippen LogP contribution >= 0.6 is 0 Å². The van der Waals surface area contributed by atoms with Crippen LogP contribution in [0.5, 0.6) is 0 Å². The third kappa shape index (κ3) is 6.21. The van der Waals surface area contributed by atoms with Crippen LogP contribution in [0.4, 0.5) is 0 Å². The number of carbonyl (C=O) groups excluding carboxylic acids is 2. The van der Waals surface area contributed by atoms with Gasteiger partial charge in [0.1, 0.15) is 0 Å². The first-order chi connectivity index (χ1) is 13.5. The molecular weight excluding hydrogens is 354 g/mol. The SMILES string of the molecule is CNC(CCCN=C(N)N)C(=O)NC(=O)C(c1ccccc1)c1ccccc1. The number of amides is 2. The molecule has 6 N–H and O–H groups in total. The summed E-state index contributed by atoms with van der Waals surface area (Å²) in [6, 6.07) is 18.3. The summed E-state index contributed by atoms with van der Waals surface area (Å²) in [5.41, 5.74) is 12.3. The molecule has 0 spiro atoms. The normalized spacial score (nSPS) is 11.6. The largest absolute Gasteiger partial charge is 0.370 e. The van der Waals surface area contributed by atoms with Crippen LogP contribution in [0.1, 0.15) is 29.9 Å². The van der Waals surface area contributed by atoms with Crippen LogP contribution in [0.2, 0.25) is 0 Å². The molecule has 1 atom stereocenters. The van der Waals surface area contributed by atoms with Crippen LogP contribution in [0.3, 0.4) is 0 Å². The van der Waals surface area contributed by atoms with Gasteiger partial charge in [-0.25, -0.2) is 0 Å². The number of hydrogen-bond acceptors (Lipinski definition) is 4. The Morgan fingerprint density at radius 3 is 1.93 bits per heavy atom. The predicted molar refractivity (Wildman–Crippen MR) is 111 cm³/mol. The molecule has 2 aromatic rings. The third-order valence-electron chi connectivity index (χ3n) is 4.38. The molecule has 0 radical (unpaired) electrons. The van der Waals surface area contributed by atoms with Crippen molar-refractivity contribution in [2.45, 2.75) is 24.8 Å². The molecule has 0 aromatic heterocycles. The Balaban J connectivity index is 2.09. The van der Waals surface area contributed by atoms with Crippen molar-refractivity contribution in [2.75, 3.05) is 13.6 Å². The van der Waals surface area contributed by atoms with E-state index in [9.17, 15) is 9.59 Å². The number of guanidine groups is 1. The van der Waals surface area contributed by atoms with Gasteiger partial charge < -0.3 is 16.8 Å². The zero-order chi connectivity index (χ0) is 20.4. The molecule has 0 saturated heterocycles. The maximum atomic E-state index is 13.0. The molecule has 0 aliphatic carbocycles. The number of carbonyl (C=O) groups is 2. The molecule has 0 heterocycles. The minimum atomic E-state index is -0.564. The van der Waals surface area contributed by atoms with E-state index in [2.05, 4.69) is 15.6 Å². The van der Waals surface area contributed by atoms with E-state index >= 15 is 0 Å². The average molecular weight is 381 g/mol. The highest BCUT2D eigenvalue weighted by atomic mass is 16.2. The lowest BCUT2D eigenvalue weighted by Crippen LogP contribution is -2.46. The Hall–Kier alpha value is -3.19. The number of rotatable bonds is 9. The van der Waals surface area contributed by atoms with Gasteiger partial charge in [0, 0.05) is 6.54 Å². The highest BCUT2D eigenvalue weighted by Gasteiger charge is 2.26.